The molecule has 1 amide bonds. The zero-order chi connectivity index (χ0) is 34.3. The molecule has 4 aromatic heterocycles. The maximum Gasteiger partial charge on any atom is 0.436 e. The summed E-state index contributed by atoms with van der Waals surface area (Å²) in [5.41, 5.74) is 0.960. The summed E-state index contributed by atoms with van der Waals surface area (Å²) in [6.45, 7) is 0.609. The maximum atomic E-state index is 14.0. The van der Waals surface area contributed by atoms with Gasteiger partial charge in [-0.3, -0.25) is 14.6 Å². The van der Waals surface area contributed by atoms with Crippen LogP contribution in [0, 0.1) is 5.92 Å². The van der Waals surface area contributed by atoms with Crippen molar-refractivity contribution >= 4 is 23.2 Å². The molecule has 1 aliphatic heterocycles. The lowest BCUT2D eigenvalue weighted by molar-refractivity contribution is -0.141. The van der Waals surface area contributed by atoms with Gasteiger partial charge < -0.3 is 9.88 Å². The van der Waals surface area contributed by atoms with Crippen LogP contribution in [0.5, 0.6) is 0 Å². The van der Waals surface area contributed by atoms with Crippen LogP contribution in [0.15, 0.2) is 66.0 Å². The van der Waals surface area contributed by atoms with Crippen LogP contribution < -0.4 is 10.9 Å². The predicted molar refractivity (Wildman–Crippen MR) is 167 cm³/mol. The molecule has 5 heterocycles. The standard InChI is InChI=1S/C32H28ClF5N8O2/c1-3-18-15-44(28(47)13-21(18)22-12-20(33)7-8-25(22)45-16-27(42-43-45)32(36,37)38)26-6-4-5-17(2)30(48)41-24-14-40-46(31(34)35)29(24)19-9-10-39-23(26)11-19/h7-17,26,31H,3-6H2,1-2H3,(H,41,48). The number of anilines is 1. The van der Waals surface area contributed by atoms with Gasteiger partial charge in [0, 0.05) is 40.5 Å². The van der Waals surface area contributed by atoms with Crippen molar-refractivity contribution < 1.29 is 26.7 Å². The van der Waals surface area contributed by atoms with Crippen LogP contribution in [0.4, 0.5) is 27.6 Å². The second kappa shape index (κ2) is 12.9. The van der Waals surface area contributed by atoms with Crippen molar-refractivity contribution in [3.63, 3.8) is 0 Å². The summed E-state index contributed by atoms with van der Waals surface area (Å²) in [4.78, 5) is 31.5. The van der Waals surface area contributed by atoms with Gasteiger partial charge in [-0.15, -0.1) is 5.10 Å². The van der Waals surface area contributed by atoms with Gasteiger partial charge in [0.2, 0.25) is 5.91 Å². The van der Waals surface area contributed by atoms with Gasteiger partial charge in [-0.25, -0.2) is 9.36 Å². The number of aryl methyl sites for hydroxylation is 1. The number of hydrogen-bond donors (Lipinski definition) is 1. The van der Waals surface area contributed by atoms with Crippen molar-refractivity contribution in [3.8, 4) is 28.1 Å². The number of hydrogen-bond acceptors (Lipinski definition) is 6. The molecule has 0 fully saturated rings. The summed E-state index contributed by atoms with van der Waals surface area (Å²) in [5, 5.41) is 13.7. The largest absolute Gasteiger partial charge is 0.436 e. The quantitative estimate of drug-likeness (QED) is 0.194. The van der Waals surface area contributed by atoms with Gasteiger partial charge in [0.1, 0.15) is 0 Å². The van der Waals surface area contributed by atoms with Gasteiger partial charge in [0.25, 0.3) is 5.56 Å². The summed E-state index contributed by atoms with van der Waals surface area (Å²) in [5.74, 6) is -0.821. The number of rotatable bonds is 5. The molecule has 6 rings (SSSR count). The van der Waals surface area contributed by atoms with E-state index in [0.717, 1.165) is 10.9 Å². The monoisotopic (exact) mass is 686 g/mol. The Labute approximate surface area is 275 Å². The van der Waals surface area contributed by atoms with E-state index in [0.29, 0.717) is 58.3 Å². The van der Waals surface area contributed by atoms with Crippen molar-refractivity contribution in [2.24, 2.45) is 5.92 Å². The fourth-order valence-corrected chi connectivity index (χ4v) is 6.08. The molecule has 2 unspecified atom stereocenters. The van der Waals surface area contributed by atoms with Gasteiger partial charge in [-0.2, -0.15) is 27.1 Å². The average molecular weight is 687 g/mol. The third-order valence-corrected chi connectivity index (χ3v) is 8.59. The Balaban J connectivity index is 1.49. The number of nitrogens with one attached hydrogen (secondary N) is 1. The van der Waals surface area contributed by atoms with E-state index in [-0.39, 0.29) is 28.0 Å². The molecule has 0 aliphatic carbocycles. The zero-order valence-corrected chi connectivity index (χ0v) is 26.3. The lowest BCUT2D eigenvalue weighted by Crippen LogP contribution is -2.27. The Morgan fingerprint density at radius 2 is 1.85 bits per heavy atom. The minimum atomic E-state index is -4.71. The van der Waals surface area contributed by atoms with E-state index in [1.165, 1.54) is 41.2 Å². The van der Waals surface area contributed by atoms with Crippen LogP contribution in [-0.2, 0) is 17.4 Å². The van der Waals surface area contributed by atoms with Gasteiger partial charge >= 0.3 is 12.7 Å². The topological polar surface area (TPSA) is 113 Å². The Morgan fingerprint density at radius 3 is 2.56 bits per heavy atom. The Kier molecular flexibility index (Phi) is 8.90. The lowest BCUT2D eigenvalue weighted by Gasteiger charge is -2.24. The van der Waals surface area contributed by atoms with E-state index in [9.17, 15) is 31.5 Å². The number of nitrogens with zero attached hydrogens (tertiary/aromatic N) is 7. The van der Waals surface area contributed by atoms with E-state index in [1.807, 2.05) is 6.92 Å². The van der Waals surface area contributed by atoms with E-state index < -0.39 is 35.9 Å². The molecule has 0 radical (unpaired) electrons. The van der Waals surface area contributed by atoms with Gasteiger partial charge in [-0.05, 0) is 60.7 Å². The maximum absolute atomic E-state index is 14.0. The highest BCUT2D eigenvalue weighted by molar-refractivity contribution is 6.31. The summed E-state index contributed by atoms with van der Waals surface area (Å²) in [6.07, 6.45) is 2.12. The predicted octanol–water partition coefficient (Wildman–Crippen LogP) is 7.33. The van der Waals surface area contributed by atoms with Gasteiger partial charge in [0.05, 0.1) is 41.2 Å². The fraction of sp³-hybridized carbons (Fsp3) is 0.312. The average Bonchev–Trinajstić information content (AvgIpc) is 3.71. The first-order valence-electron chi connectivity index (χ1n) is 15.0. The van der Waals surface area contributed by atoms with Crippen LogP contribution in [0.3, 0.4) is 0 Å². The number of pyridine rings is 2. The molecule has 2 atom stereocenters. The van der Waals surface area contributed by atoms with Crippen molar-refractivity contribution in [1.82, 2.24) is 34.3 Å². The highest BCUT2D eigenvalue weighted by atomic mass is 35.5. The van der Waals surface area contributed by atoms with E-state index in [1.54, 1.807) is 25.3 Å². The smallest absolute Gasteiger partial charge is 0.323 e. The van der Waals surface area contributed by atoms with Crippen molar-refractivity contribution in [3.05, 3.63) is 93.5 Å². The van der Waals surface area contributed by atoms with Crippen molar-refractivity contribution in [2.45, 2.75) is 58.3 Å². The van der Waals surface area contributed by atoms with E-state index >= 15 is 0 Å². The molecule has 250 valence electrons. The second-order valence-electron chi connectivity index (χ2n) is 11.5. The molecule has 48 heavy (non-hydrogen) atoms. The number of amides is 1. The number of halogens is 6. The molecule has 2 bridgehead atoms. The molecule has 10 nitrogen and oxygen atoms in total. The molecule has 1 aromatic carbocycles. The lowest BCUT2D eigenvalue weighted by atomic mass is 9.95. The van der Waals surface area contributed by atoms with Crippen LogP contribution >= 0.6 is 11.6 Å². The summed E-state index contributed by atoms with van der Waals surface area (Å²) in [6, 6.07) is 8.40. The molecule has 0 saturated carbocycles. The number of benzene rings is 1. The Bertz CT molecular complexity index is 2050. The number of carbonyl (C=O) groups is 1. The molecular formula is C32H28ClF5N8O2. The third-order valence-electron chi connectivity index (χ3n) is 8.36. The number of alkyl halides is 5. The molecule has 1 aliphatic rings. The van der Waals surface area contributed by atoms with Crippen LogP contribution in [-0.4, -0.2) is 40.2 Å². The summed E-state index contributed by atoms with van der Waals surface area (Å²) < 4.78 is 71.0. The number of fused-ring (bicyclic) bond motifs is 4. The third kappa shape index (κ3) is 6.33. The molecule has 16 heteroatoms. The molecule has 0 saturated heterocycles. The first kappa shape index (κ1) is 33.0. The Hall–Kier alpha value is -4.92. The molecule has 1 N–H and O–H groups in total. The first-order chi connectivity index (χ1) is 22.8. The van der Waals surface area contributed by atoms with Crippen LogP contribution in [0.1, 0.15) is 62.7 Å². The van der Waals surface area contributed by atoms with Gasteiger partial charge in [-0.1, -0.05) is 37.1 Å². The van der Waals surface area contributed by atoms with Crippen LogP contribution in [0.25, 0.3) is 28.1 Å². The summed E-state index contributed by atoms with van der Waals surface area (Å²) >= 11 is 6.33. The van der Waals surface area contributed by atoms with E-state index in [4.69, 9.17) is 11.6 Å². The fourth-order valence-electron chi connectivity index (χ4n) is 5.90. The highest BCUT2D eigenvalue weighted by Crippen LogP contribution is 2.37. The first-order valence-corrected chi connectivity index (χ1v) is 15.4. The van der Waals surface area contributed by atoms with Crippen LogP contribution in [0.2, 0.25) is 5.02 Å². The number of carbonyl (C=O) groups excluding carboxylic acids is 1. The minimum absolute atomic E-state index is 0.000688. The Morgan fingerprint density at radius 1 is 1.06 bits per heavy atom. The van der Waals surface area contributed by atoms with Crippen molar-refractivity contribution in [2.75, 3.05) is 5.32 Å². The number of aromatic nitrogens is 7. The van der Waals surface area contributed by atoms with Gasteiger partial charge in [0.15, 0.2) is 5.69 Å². The minimum Gasteiger partial charge on any atom is -0.323 e. The highest BCUT2D eigenvalue weighted by Gasteiger charge is 2.35. The van der Waals surface area contributed by atoms with Crippen molar-refractivity contribution in [1.29, 1.82) is 0 Å². The molecular weight excluding hydrogens is 659 g/mol. The normalized spacial score (nSPS) is 17.1. The van der Waals surface area contributed by atoms with E-state index in [2.05, 4.69) is 25.7 Å². The SMILES string of the molecule is CCc1cn(C2CCCC(C)C(=O)Nc3cnn(C(F)F)c3-c3ccnc2c3)c(=O)cc1-c1cc(Cl)ccc1-n1cc(C(F)(F)F)nn1. The second-order valence-corrected chi connectivity index (χ2v) is 11.9. The molecule has 0 spiro atoms. The zero-order valence-electron chi connectivity index (χ0n) is 25.5. The summed E-state index contributed by atoms with van der Waals surface area (Å²) in [7, 11) is 0. The molecule has 5 aromatic rings.